The van der Waals surface area contributed by atoms with Crippen LogP contribution in [0.3, 0.4) is 0 Å². The molecule has 4 nitrogen and oxygen atoms in total. The van der Waals surface area contributed by atoms with E-state index in [9.17, 15) is 0 Å². The lowest BCUT2D eigenvalue weighted by Gasteiger charge is -2.15. The number of rotatable bonds is 14. The monoisotopic (exact) mass is 457 g/mol. The van der Waals surface area contributed by atoms with Crippen LogP contribution in [0.25, 0.3) is 32.6 Å². The molecule has 0 atom stereocenters. The van der Waals surface area contributed by atoms with Crippen LogP contribution in [0.5, 0.6) is 5.75 Å². The number of ether oxygens (including phenoxy) is 1. The average Bonchev–Trinajstić information content (AvgIpc) is 2.88. The highest BCUT2D eigenvalue weighted by Crippen LogP contribution is 2.35. The molecule has 3 aromatic carbocycles. The van der Waals surface area contributed by atoms with Gasteiger partial charge < -0.3 is 15.4 Å². The minimum absolute atomic E-state index is 0.858. The maximum absolute atomic E-state index is 5.49. The molecule has 0 fully saturated rings. The maximum atomic E-state index is 5.49. The lowest BCUT2D eigenvalue weighted by Crippen LogP contribution is -2.19. The molecular formula is C30H39N3O. The van der Waals surface area contributed by atoms with Crippen molar-refractivity contribution in [2.75, 3.05) is 32.1 Å². The van der Waals surface area contributed by atoms with Gasteiger partial charge in [0.25, 0.3) is 0 Å². The fourth-order valence-electron chi connectivity index (χ4n) is 4.73. The van der Waals surface area contributed by atoms with E-state index in [1.807, 2.05) is 6.07 Å². The first-order valence-corrected chi connectivity index (χ1v) is 13.1. The molecule has 34 heavy (non-hydrogen) atoms. The molecule has 0 spiro atoms. The van der Waals surface area contributed by atoms with Crippen LogP contribution in [0.4, 0.5) is 5.69 Å². The molecule has 4 heteroatoms. The van der Waals surface area contributed by atoms with E-state index in [-0.39, 0.29) is 0 Å². The van der Waals surface area contributed by atoms with E-state index in [1.54, 1.807) is 7.11 Å². The second-order valence-electron chi connectivity index (χ2n) is 9.20. The largest absolute Gasteiger partial charge is 0.497 e. The minimum atomic E-state index is 0.858. The highest BCUT2D eigenvalue weighted by molar-refractivity contribution is 6.16. The summed E-state index contributed by atoms with van der Waals surface area (Å²) in [5, 5.41) is 12.0. The number of pyridine rings is 1. The van der Waals surface area contributed by atoms with E-state index < -0.39 is 0 Å². The van der Waals surface area contributed by atoms with Gasteiger partial charge in [-0.2, -0.15) is 0 Å². The summed E-state index contributed by atoms with van der Waals surface area (Å²) < 4.78 is 5.49. The molecule has 0 saturated carbocycles. The van der Waals surface area contributed by atoms with Crippen molar-refractivity contribution in [1.82, 2.24) is 10.3 Å². The molecule has 180 valence electrons. The van der Waals surface area contributed by atoms with Crippen molar-refractivity contribution < 1.29 is 4.74 Å². The maximum Gasteiger partial charge on any atom is 0.119 e. The lowest BCUT2D eigenvalue weighted by molar-refractivity contribution is 0.415. The summed E-state index contributed by atoms with van der Waals surface area (Å²) in [6.07, 6.45) is 10.6. The highest BCUT2D eigenvalue weighted by atomic mass is 16.5. The number of benzene rings is 3. The first-order chi connectivity index (χ1) is 16.8. The molecule has 0 radical (unpaired) electrons. The van der Waals surface area contributed by atoms with Crippen LogP contribution >= 0.6 is 0 Å². The number of anilines is 1. The number of hydrogen-bond donors (Lipinski definition) is 2. The molecule has 0 aliphatic rings. The second-order valence-corrected chi connectivity index (χ2v) is 9.20. The van der Waals surface area contributed by atoms with E-state index in [0.29, 0.717) is 0 Å². The Balaban J connectivity index is 1.39. The summed E-state index contributed by atoms with van der Waals surface area (Å²) in [6, 6.07) is 19.0. The average molecular weight is 458 g/mol. The SMILES string of the molecule is CCCCCCCCCNCCCNc1c2ccccc2nc2c1ccc1ccc(OC)cc12. The Morgan fingerprint density at radius 3 is 2.35 bits per heavy atom. The number of nitrogens with zero attached hydrogens (tertiary/aromatic N) is 1. The molecular weight excluding hydrogens is 418 g/mol. The molecule has 1 heterocycles. The molecule has 0 saturated heterocycles. The van der Waals surface area contributed by atoms with E-state index >= 15 is 0 Å². The van der Waals surface area contributed by atoms with E-state index in [4.69, 9.17) is 9.72 Å². The third kappa shape index (κ3) is 5.98. The van der Waals surface area contributed by atoms with E-state index in [1.165, 1.54) is 61.4 Å². The first-order valence-electron chi connectivity index (χ1n) is 13.1. The molecule has 0 unspecified atom stereocenters. The summed E-state index contributed by atoms with van der Waals surface area (Å²) in [4.78, 5) is 5.04. The zero-order chi connectivity index (χ0) is 23.6. The number of nitrogens with one attached hydrogen (secondary N) is 2. The smallest absolute Gasteiger partial charge is 0.119 e. The Labute approximate surface area is 204 Å². The van der Waals surface area contributed by atoms with Crippen LogP contribution < -0.4 is 15.4 Å². The van der Waals surface area contributed by atoms with Gasteiger partial charge in [-0.3, -0.25) is 0 Å². The van der Waals surface area contributed by atoms with Crippen molar-refractivity contribution in [3.05, 3.63) is 54.6 Å². The quantitative estimate of drug-likeness (QED) is 0.116. The highest BCUT2D eigenvalue weighted by Gasteiger charge is 2.12. The van der Waals surface area contributed by atoms with Crippen molar-refractivity contribution in [2.45, 2.75) is 58.3 Å². The topological polar surface area (TPSA) is 46.2 Å². The van der Waals surface area contributed by atoms with Crippen LogP contribution in [-0.4, -0.2) is 31.7 Å². The van der Waals surface area contributed by atoms with Crippen molar-refractivity contribution in [3.8, 4) is 5.75 Å². The number of hydrogen-bond acceptors (Lipinski definition) is 4. The van der Waals surface area contributed by atoms with Gasteiger partial charge in [0.05, 0.1) is 23.8 Å². The Bertz CT molecular complexity index is 1200. The number of methoxy groups -OCH3 is 1. The normalized spacial score (nSPS) is 11.5. The number of para-hydroxylation sites is 1. The zero-order valence-corrected chi connectivity index (χ0v) is 20.8. The van der Waals surface area contributed by atoms with Gasteiger partial charge in [0.15, 0.2) is 0 Å². The fourth-order valence-corrected chi connectivity index (χ4v) is 4.73. The summed E-state index contributed by atoms with van der Waals surface area (Å²) in [5.41, 5.74) is 3.22. The third-order valence-electron chi connectivity index (χ3n) is 6.66. The molecule has 0 bridgehead atoms. The van der Waals surface area contributed by atoms with Gasteiger partial charge in [0.1, 0.15) is 5.75 Å². The Morgan fingerprint density at radius 1 is 0.735 bits per heavy atom. The van der Waals surface area contributed by atoms with E-state index in [0.717, 1.165) is 53.6 Å². The van der Waals surface area contributed by atoms with Crippen LogP contribution in [0.15, 0.2) is 54.6 Å². The summed E-state index contributed by atoms with van der Waals surface area (Å²) in [7, 11) is 1.71. The van der Waals surface area contributed by atoms with Gasteiger partial charge in [-0.05, 0) is 49.5 Å². The molecule has 1 aromatic heterocycles. The van der Waals surface area contributed by atoms with E-state index in [2.05, 4.69) is 66.1 Å². The predicted octanol–water partition coefficient (Wildman–Crippen LogP) is 7.69. The molecule has 0 aliphatic heterocycles. The lowest BCUT2D eigenvalue weighted by atomic mass is 10.0. The number of unbranched alkanes of at least 4 members (excludes halogenated alkanes) is 6. The van der Waals surface area contributed by atoms with Gasteiger partial charge in [-0.15, -0.1) is 0 Å². The Hall–Kier alpha value is -2.85. The van der Waals surface area contributed by atoms with Gasteiger partial charge in [-0.25, -0.2) is 4.98 Å². The Morgan fingerprint density at radius 2 is 1.50 bits per heavy atom. The van der Waals surface area contributed by atoms with Crippen molar-refractivity contribution in [3.63, 3.8) is 0 Å². The standard InChI is InChI=1S/C30H39N3O/c1-3-4-5-6-7-8-11-19-31-20-12-21-32-29-25-13-9-10-14-28(25)33-30-26(29)18-16-23-15-17-24(34-2)22-27(23)30/h9-10,13-18,22,31H,3-8,11-12,19-21H2,1-2H3,(H,32,33). The Kier molecular flexibility index (Phi) is 8.97. The third-order valence-corrected chi connectivity index (χ3v) is 6.66. The van der Waals surface area contributed by atoms with Crippen LogP contribution in [0, 0.1) is 0 Å². The minimum Gasteiger partial charge on any atom is -0.497 e. The van der Waals surface area contributed by atoms with Gasteiger partial charge in [0.2, 0.25) is 0 Å². The fraction of sp³-hybridized carbons (Fsp3) is 0.433. The van der Waals surface area contributed by atoms with Gasteiger partial charge in [-0.1, -0.05) is 81.8 Å². The van der Waals surface area contributed by atoms with Crippen LogP contribution in [0.1, 0.15) is 58.3 Å². The molecule has 0 aliphatic carbocycles. The molecule has 2 N–H and O–H groups in total. The van der Waals surface area contributed by atoms with Crippen molar-refractivity contribution in [1.29, 1.82) is 0 Å². The summed E-state index contributed by atoms with van der Waals surface area (Å²) in [6.45, 7) is 5.38. The number of aromatic nitrogens is 1. The molecule has 0 amide bonds. The van der Waals surface area contributed by atoms with Crippen LogP contribution in [0.2, 0.25) is 0 Å². The summed E-state index contributed by atoms with van der Waals surface area (Å²) >= 11 is 0. The molecule has 4 rings (SSSR count). The van der Waals surface area contributed by atoms with Crippen LogP contribution in [-0.2, 0) is 0 Å². The van der Waals surface area contributed by atoms with Crippen molar-refractivity contribution in [2.24, 2.45) is 0 Å². The molecule has 4 aromatic rings. The first kappa shape index (κ1) is 24.3. The summed E-state index contributed by atoms with van der Waals surface area (Å²) in [5.74, 6) is 0.858. The zero-order valence-electron chi connectivity index (χ0n) is 20.8. The van der Waals surface area contributed by atoms with Gasteiger partial charge >= 0.3 is 0 Å². The predicted molar refractivity (Wildman–Crippen MR) is 147 cm³/mol. The second kappa shape index (κ2) is 12.6. The van der Waals surface area contributed by atoms with Gasteiger partial charge in [0, 0.05) is 22.7 Å². The number of fused-ring (bicyclic) bond motifs is 4. The van der Waals surface area contributed by atoms with Crippen molar-refractivity contribution >= 4 is 38.3 Å².